The second-order valence-electron chi connectivity index (χ2n) is 9.16. The second kappa shape index (κ2) is 6.16. The molecule has 0 bridgehead atoms. The zero-order chi connectivity index (χ0) is 18.4. The van der Waals surface area contributed by atoms with Crippen molar-refractivity contribution in [3.63, 3.8) is 0 Å². The fraction of sp³-hybridized carbons (Fsp3) is 0.522. The summed E-state index contributed by atoms with van der Waals surface area (Å²) in [7, 11) is 0. The molecule has 1 N–H and O–H groups in total. The van der Waals surface area contributed by atoms with E-state index in [0.29, 0.717) is 11.8 Å². The van der Waals surface area contributed by atoms with Crippen molar-refractivity contribution in [2.45, 2.75) is 70.6 Å². The first-order valence-corrected chi connectivity index (χ1v) is 9.34. The Morgan fingerprint density at radius 2 is 1.76 bits per heavy atom. The molecule has 2 unspecified atom stereocenters. The van der Waals surface area contributed by atoms with Gasteiger partial charge >= 0.3 is 5.97 Å². The topological polar surface area (TPSA) is 37.3 Å². The van der Waals surface area contributed by atoms with Gasteiger partial charge < -0.3 is 5.11 Å². The summed E-state index contributed by atoms with van der Waals surface area (Å²) >= 11 is 0. The van der Waals surface area contributed by atoms with Crippen LogP contribution in [0, 0.1) is 5.92 Å². The van der Waals surface area contributed by atoms with E-state index in [0.717, 1.165) is 5.57 Å². The van der Waals surface area contributed by atoms with Crippen LogP contribution in [-0.2, 0) is 15.6 Å². The van der Waals surface area contributed by atoms with Crippen LogP contribution in [0.2, 0.25) is 0 Å². The third-order valence-electron chi connectivity index (χ3n) is 6.10. The number of aliphatic carboxylic acids is 1. The van der Waals surface area contributed by atoms with E-state index in [1.807, 2.05) is 13.0 Å². The van der Waals surface area contributed by atoms with Crippen molar-refractivity contribution < 1.29 is 9.90 Å². The highest BCUT2D eigenvalue weighted by Gasteiger charge is 2.40. The van der Waals surface area contributed by atoms with E-state index in [1.165, 1.54) is 42.0 Å². The molecule has 134 valence electrons. The maximum absolute atomic E-state index is 10.7. The Bertz CT molecular complexity index is 749. The standard InChI is InChI=1S/C23H30O2/c1-15(12-21(24)25)6-7-16-13-18(16)17-8-9-19-20(14-17)23(4,5)11-10-22(19,2)3/h6-9,12,14,16,18H,10-11,13H2,1-5H3,(H,24,25). The maximum atomic E-state index is 10.7. The average molecular weight is 338 g/mol. The van der Waals surface area contributed by atoms with Gasteiger partial charge in [-0.15, -0.1) is 0 Å². The molecule has 2 atom stereocenters. The fourth-order valence-corrected chi connectivity index (χ4v) is 4.17. The van der Waals surface area contributed by atoms with Crippen molar-refractivity contribution >= 4 is 5.97 Å². The first-order chi connectivity index (χ1) is 11.6. The zero-order valence-corrected chi connectivity index (χ0v) is 16.1. The number of carboxylic acid groups (broad SMARTS) is 1. The molecule has 2 aliphatic carbocycles. The molecule has 2 heteroatoms. The van der Waals surface area contributed by atoms with Crippen molar-refractivity contribution in [3.8, 4) is 0 Å². The molecule has 0 aliphatic heterocycles. The molecule has 0 spiro atoms. The average Bonchev–Trinajstić information content (AvgIpc) is 3.29. The van der Waals surface area contributed by atoms with E-state index >= 15 is 0 Å². The Morgan fingerprint density at radius 1 is 1.12 bits per heavy atom. The van der Waals surface area contributed by atoms with Crippen molar-refractivity contribution in [2.75, 3.05) is 0 Å². The predicted molar refractivity (Wildman–Crippen MR) is 103 cm³/mol. The predicted octanol–water partition coefficient (Wildman–Crippen LogP) is 5.73. The molecule has 0 amide bonds. The van der Waals surface area contributed by atoms with Crippen molar-refractivity contribution in [1.29, 1.82) is 0 Å². The lowest BCUT2D eigenvalue weighted by molar-refractivity contribution is -0.131. The highest BCUT2D eigenvalue weighted by atomic mass is 16.4. The number of allylic oxidation sites excluding steroid dienone is 3. The first kappa shape index (κ1) is 18.0. The molecular formula is C23H30O2. The molecule has 0 aromatic heterocycles. The van der Waals surface area contributed by atoms with Gasteiger partial charge in [-0.1, -0.05) is 58.0 Å². The molecule has 3 rings (SSSR count). The van der Waals surface area contributed by atoms with Gasteiger partial charge in [-0.3, -0.25) is 0 Å². The fourth-order valence-electron chi connectivity index (χ4n) is 4.17. The summed E-state index contributed by atoms with van der Waals surface area (Å²) in [6.45, 7) is 11.3. The highest BCUT2D eigenvalue weighted by molar-refractivity contribution is 5.81. The number of hydrogen-bond acceptors (Lipinski definition) is 1. The molecule has 0 radical (unpaired) electrons. The van der Waals surface area contributed by atoms with Gasteiger partial charge in [0.05, 0.1) is 0 Å². The lowest BCUT2D eigenvalue weighted by Gasteiger charge is -2.42. The molecule has 1 aromatic carbocycles. The van der Waals surface area contributed by atoms with Crippen LogP contribution in [0.4, 0.5) is 0 Å². The minimum atomic E-state index is -0.881. The summed E-state index contributed by atoms with van der Waals surface area (Å²) in [5.74, 6) is 0.240. The lowest BCUT2D eigenvalue weighted by Crippen LogP contribution is -2.33. The van der Waals surface area contributed by atoms with Crippen LogP contribution in [0.25, 0.3) is 0 Å². The Kier molecular flexibility index (Phi) is 4.43. The van der Waals surface area contributed by atoms with Gasteiger partial charge in [0, 0.05) is 6.08 Å². The van der Waals surface area contributed by atoms with Crippen LogP contribution in [0.15, 0.2) is 42.0 Å². The van der Waals surface area contributed by atoms with Crippen LogP contribution in [0.1, 0.15) is 76.5 Å². The molecule has 0 saturated heterocycles. The Balaban J connectivity index is 1.80. The number of hydrogen-bond donors (Lipinski definition) is 1. The summed E-state index contributed by atoms with van der Waals surface area (Å²) in [6.07, 6.45) is 9.04. The molecule has 2 aliphatic rings. The second-order valence-corrected chi connectivity index (χ2v) is 9.16. The summed E-state index contributed by atoms with van der Waals surface area (Å²) in [5, 5.41) is 8.79. The minimum Gasteiger partial charge on any atom is -0.478 e. The van der Waals surface area contributed by atoms with Crippen LogP contribution in [0.5, 0.6) is 0 Å². The van der Waals surface area contributed by atoms with E-state index < -0.39 is 5.97 Å². The number of carbonyl (C=O) groups is 1. The quantitative estimate of drug-likeness (QED) is 0.562. The SMILES string of the molecule is CC(C=CC1CC1c1ccc2c(c1)C(C)(C)CCC2(C)C)=CC(=O)O. The Hall–Kier alpha value is -1.83. The minimum absolute atomic E-state index is 0.252. The molecule has 2 nitrogen and oxygen atoms in total. The zero-order valence-electron chi connectivity index (χ0n) is 16.1. The summed E-state index contributed by atoms with van der Waals surface area (Å²) in [5.41, 5.74) is 5.80. The van der Waals surface area contributed by atoms with E-state index in [9.17, 15) is 4.79 Å². The van der Waals surface area contributed by atoms with Crippen LogP contribution >= 0.6 is 0 Å². The highest BCUT2D eigenvalue weighted by Crippen LogP contribution is 2.52. The number of carboxylic acids is 1. The molecular weight excluding hydrogens is 308 g/mol. The number of rotatable bonds is 4. The van der Waals surface area contributed by atoms with Gasteiger partial charge in [0.15, 0.2) is 0 Å². The lowest BCUT2D eigenvalue weighted by atomic mass is 9.63. The summed E-state index contributed by atoms with van der Waals surface area (Å²) < 4.78 is 0. The molecule has 25 heavy (non-hydrogen) atoms. The molecule has 0 heterocycles. The van der Waals surface area contributed by atoms with Gasteiger partial charge in [-0.25, -0.2) is 4.79 Å². The molecule has 1 aromatic rings. The summed E-state index contributed by atoms with van der Waals surface area (Å²) in [4.78, 5) is 10.7. The third-order valence-corrected chi connectivity index (χ3v) is 6.10. The monoisotopic (exact) mass is 338 g/mol. The smallest absolute Gasteiger partial charge is 0.328 e. The number of benzene rings is 1. The Labute approximate surface area is 151 Å². The van der Waals surface area contributed by atoms with Gasteiger partial charge in [0.25, 0.3) is 0 Å². The van der Waals surface area contributed by atoms with Crippen molar-refractivity contribution in [2.24, 2.45) is 5.92 Å². The van der Waals surface area contributed by atoms with Crippen molar-refractivity contribution in [1.82, 2.24) is 0 Å². The molecule has 1 fully saturated rings. The van der Waals surface area contributed by atoms with Crippen LogP contribution < -0.4 is 0 Å². The van der Waals surface area contributed by atoms with E-state index in [2.05, 4.69) is 52.0 Å². The van der Waals surface area contributed by atoms with Crippen molar-refractivity contribution in [3.05, 3.63) is 58.7 Å². The third kappa shape index (κ3) is 3.73. The molecule has 1 saturated carbocycles. The Morgan fingerprint density at radius 3 is 2.40 bits per heavy atom. The largest absolute Gasteiger partial charge is 0.478 e. The van der Waals surface area contributed by atoms with E-state index in [1.54, 1.807) is 0 Å². The van der Waals surface area contributed by atoms with Gasteiger partial charge in [-0.05, 0) is 71.1 Å². The van der Waals surface area contributed by atoms with Crippen LogP contribution in [0.3, 0.4) is 0 Å². The number of fused-ring (bicyclic) bond motifs is 1. The van der Waals surface area contributed by atoms with Crippen LogP contribution in [-0.4, -0.2) is 11.1 Å². The van der Waals surface area contributed by atoms with E-state index in [-0.39, 0.29) is 10.8 Å². The van der Waals surface area contributed by atoms with Gasteiger partial charge in [-0.2, -0.15) is 0 Å². The summed E-state index contributed by atoms with van der Waals surface area (Å²) in [6, 6.07) is 7.13. The van der Waals surface area contributed by atoms with Gasteiger partial charge in [0.2, 0.25) is 0 Å². The maximum Gasteiger partial charge on any atom is 0.328 e. The van der Waals surface area contributed by atoms with E-state index in [4.69, 9.17) is 5.11 Å². The van der Waals surface area contributed by atoms with Gasteiger partial charge in [0.1, 0.15) is 0 Å². The first-order valence-electron chi connectivity index (χ1n) is 9.34. The normalized spacial score (nSPS) is 27.2.